The molecule has 25 heavy (non-hydrogen) atoms. The topological polar surface area (TPSA) is 71.5 Å². The predicted molar refractivity (Wildman–Crippen MR) is 95.7 cm³/mol. The van der Waals surface area contributed by atoms with Crippen molar-refractivity contribution in [3.8, 4) is 5.75 Å². The number of likely N-dealkylation sites (N-methyl/N-ethyl adjacent to an activating group) is 1. The largest absolute Gasteiger partial charge is 0.464 e. The van der Waals surface area contributed by atoms with E-state index in [1.165, 1.54) is 17.4 Å². The lowest BCUT2D eigenvalue weighted by molar-refractivity contribution is -0.145. The van der Waals surface area contributed by atoms with E-state index in [2.05, 4.69) is 17.2 Å². The average Bonchev–Trinajstić information content (AvgIpc) is 2.63. The van der Waals surface area contributed by atoms with Crippen LogP contribution in [-0.2, 0) is 16.0 Å². The Morgan fingerprint density at radius 2 is 1.96 bits per heavy atom. The van der Waals surface area contributed by atoms with Gasteiger partial charge in [-0.1, -0.05) is 19.1 Å². The number of ether oxygens (including phenoxy) is 1. The van der Waals surface area contributed by atoms with Gasteiger partial charge in [0.05, 0.1) is 0 Å². The Hall–Kier alpha value is -2.89. The van der Waals surface area contributed by atoms with Crippen molar-refractivity contribution >= 4 is 23.3 Å². The molecule has 1 N–H and O–H groups in total. The van der Waals surface area contributed by atoms with Gasteiger partial charge in [-0.25, -0.2) is 4.98 Å². The molecule has 2 heterocycles. The molecule has 1 aliphatic heterocycles. The minimum atomic E-state index is -1.64. The van der Waals surface area contributed by atoms with Crippen LogP contribution in [0, 0.1) is 0 Å². The highest BCUT2D eigenvalue weighted by molar-refractivity contribution is 6.19. The Morgan fingerprint density at radius 3 is 2.60 bits per heavy atom. The van der Waals surface area contributed by atoms with Crippen LogP contribution in [-0.4, -0.2) is 28.9 Å². The van der Waals surface area contributed by atoms with Gasteiger partial charge in [0.2, 0.25) is 0 Å². The molecule has 3 rings (SSSR count). The maximum atomic E-state index is 12.9. The molecule has 2 amide bonds. The van der Waals surface area contributed by atoms with Gasteiger partial charge in [0, 0.05) is 18.4 Å². The van der Waals surface area contributed by atoms with Gasteiger partial charge in [-0.15, -0.1) is 0 Å². The van der Waals surface area contributed by atoms with Crippen LogP contribution in [0.25, 0.3) is 0 Å². The van der Waals surface area contributed by atoms with Gasteiger partial charge in [0.1, 0.15) is 0 Å². The number of pyridine rings is 1. The maximum Gasteiger partial charge on any atom is 0.282 e. The van der Waals surface area contributed by atoms with E-state index < -0.39 is 17.4 Å². The highest BCUT2D eigenvalue weighted by Gasteiger charge is 2.50. The smallest absolute Gasteiger partial charge is 0.282 e. The monoisotopic (exact) mass is 339 g/mol. The number of hydrogen-bond acceptors (Lipinski definition) is 4. The van der Waals surface area contributed by atoms with Crippen LogP contribution in [0.15, 0.2) is 42.6 Å². The molecule has 1 aliphatic rings. The molecule has 1 unspecified atom stereocenters. The van der Waals surface area contributed by atoms with Crippen LogP contribution in [0.4, 0.5) is 11.5 Å². The molecule has 0 saturated heterocycles. The van der Waals surface area contributed by atoms with Crippen LogP contribution in [0.5, 0.6) is 5.75 Å². The number of hydrogen-bond donors (Lipinski definition) is 1. The lowest BCUT2D eigenvalue weighted by atomic mass is 10.0. The fourth-order valence-electron chi connectivity index (χ4n) is 2.79. The molecule has 6 heteroatoms. The summed E-state index contributed by atoms with van der Waals surface area (Å²) in [4.78, 5) is 31.4. The van der Waals surface area contributed by atoms with Crippen LogP contribution in [0.1, 0.15) is 26.3 Å². The number of amides is 2. The average molecular weight is 339 g/mol. The Bertz CT molecular complexity index is 804. The molecule has 0 radical (unpaired) electrons. The first-order valence-corrected chi connectivity index (χ1v) is 8.36. The third-order valence-electron chi connectivity index (χ3n) is 4.34. The Kier molecular flexibility index (Phi) is 4.44. The zero-order valence-electron chi connectivity index (χ0n) is 14.6. The zero-order valence-corrected chi connectivity index (χ0v) is 14.6. The van der Waals surface area contributed by atoms with Crippen molar-refractivity contribution in [1.82, 2.24) is 4.98 Å². The number of aryl methyl sites for hydroxylation is 1. The fourth-order valence-corrected chi connectivity index (χ4v) is 2.79. The second kappa shape index (κ2) is 6.55. The number of fused-ring (bicyclic) bond motifs is 1. The SMILES string of the molecule is CCc1ccc(NC(=O)C2(C)Oc3cccnc3N(CC)C2=O)cc1. The normalized spacial score (nSPS) is 19.2. The molecule has 130 valence electrons. The molecule has 1 atom stereocenters. The van der Waals surface area contributed by atoms with Gasteiger partial charge in [0.15, 0.2) is 11.6 Å². The van der Waals surface area contributed by atoms with Crippen molar-refractivity contribution in [2.24, 2.45) is 0 Å². The van der Waals surface area contributed by atoms with Crippen molar-refractivity contribution in [2.75, 3.05) is 16.8 Å². The second-order valence-electron chi connectivity index (χ2n) is 6.01. The van der Waals surface area contributed by atoms with E-state index in [0.29, 0.717) is 23.8 Å². The third-order valence-corrected chi connectivity index (χ3v) is 4.34. The van der Waals surface area contributed by atoms with Crippen LogP contribution in [0.2, 0.25) is 0 Å². The zero-order chi connectivity index (χ0) is 18.0. The number of nitrogens with zero attached hydrogens (tertiary/aromatic N) is 2. The van der Waals surface area contributed by atoms with E-state index in [9.17, 15) is 9.59 Å². The summed E-state index contributed by atoms with van der Waals surface area (Å²) in [5, 5.41) is 2.78. The first-order chi connectivity index (χ1) is 12.0. The van der Waals surface area contributed by atoms with Crippen molar-refractivity contribution in [3.63, 3.8) is 0 Å². The van der Waals surface area contributed by atoms with Gasteiger partial charge in [-0.05, 0) is 50.1 Å². The van der Waals surface area contributed by atoms with Gasteiger partial charge in [-0.3, -0.25) is 14.5 Å². The van der Waals surface area contributed by atoms with E-state index >= 15 is 0 Å². The first-order valence-electron chi connectivity index (χ1n) is 8.36. The van der Waals surface area contributed by atoms with E-state index in [4.69, 9.17) is 4.74 Å². The maximum absolute atomic E-state index is 12.9. The predicted octanol–water partition coefficient (Wildman–Crippen LogP) is 2.79. The lowest BCUT2D eigenvalue weighted by Gasteiger charge is -2.38. The minimum Gasteiger partial charge on any atom is -0.464 e. The highest BCUT2D eigenvalue weighted by atomic mass is 16.5. The van der Waals surface area contributed by atoms with E-state index in [-0.39, 0.29) is 0 Å². The van der Waals surface area contributed by atoms with Crippen molar-refractivity contribution < 1.29 is 14.3 Å². The summed E-state index contributed by atoms with van der Waals surface area (Å²) in [5.41, 5.74) is 0.154. The number of nitrogens with one attached hydrogen (secondary N) is 1. The number of rotatable bonds is 4. The van der Waals surface area contributed by atoms with Crippen LogP contribution in [0.3, 0.4) is 0 Å². The highest BCUT2D eigenvalue weighted by Crippen LogP contribution is 2.36. The fraction of sp³-hybridized carbons (Fsp3) is 0.316. The van der Waals surface area contributed by atoms with Gasteiger partial charge in [0.25, 0.3) is 17.4 Å². The standard InChI is InChI=1S/C19H21N3O3/c1-4-13-8-10-14(11-9-13)21-17(23)19(3)18(24)22(5-2)16-15(25-19)7-6-12-20-16/h6-12H,4-5H2,1-3H3,(H,21,23). The molecule has 0 spiro atoms. The quantitative estimate of drug-likeness (QED) is 0.870. The Morgan fingerprint density at radius 1 is 1.24 bits per heavy atom. The molecule has 0 fully saturated rings. The van der Waals surface area contributed by atoms with Crippen molar-refractivity contribution in [3.05, 3.63) is 48.2 Å². The minimum absolute atomic E-state index is 0.403. The number of aromatic nitrogens is 1. The molecule has 0 saturated carbocycles. The molecule has 6 nitrogen and oxygen atoms in total. The molecule has 0 bridgehead atoms. The van der Waals surface area contributed by atoms with E-state index in [0.717, 1.165) is 6.42 Å². The molecule has 2 aromatic rings. The second-order valence-corrected chi connectivity index (χ2v) is 6.01. The van der Waals surface area contributed by atoms with Crippen molar-refractivity contribution in [1.29, 1.82) is 0 Å². The van der Waals surface area contributed by atoms with E-state index in [1.54, 1.807) is 18.3 Å². The first kappa shape index (κ1) is 17.0. The summed E-state index contributed by atoms with van der Waals surface area (Å²) in [6, 6.07) is 10.9. The Labute approximate surface area is 146 Å². The summed E-state index contributed by atoms with van der Waals surface area (Å²) in [5.74, 6) is -0.0749. The van der Waals surface area contributed by atoms with Crippen LogP contribution >= 0.6 is 0 Å². The number of carbonyl (C=O) groups excluding carboxylic acids is 2. The molecular weight excluding hydrogens is 318 g/mol. The number of anilines is 2. The molecular formula is C19H21N3O3. The number of benzene rings is 1. The summed E-state index contributed by atoms with van der Waals surface area (Å²) in [7, 11) is 0. The van der Waals surface area contributed by atoms with Gasteiger partial charge < -0.3 is 10.1 Å². The summed E-state index contributed by atoms with van der Waals surface area (Å²) >= 11 is 0. The summed E-state index contributed by atoms with van der Waals surface area (Å²) in [6.45, 7) is 5.79. The Balaban J connectivity index is 1.89. The number of carbonyl (C=O) groups is 2. The van der Waals surface area contributed by atoms with Crippen molar-refractivity contribution in [2.45, 2.75) is 32.8 Å². The molecule has 1 aromatic carbocycles. The summed E-state index contributed by atoms with van der Waals surface area (Å²) < 4.78 is 5.78. The van der Waals surface area contributed by atoms with Crippen LogP contribution < -0.4 is 15.0 Å². The molecule has 1 aromatic heterocycles. The van der Waals surface area contributed by atoms with E-state index in [1.807, 2.05) is 31.2 Å². The summed E-state index contributed by atoms with van der Waals surface area (Å²) in [6.07, 6.45) is 2.51. The lowest BCUT2D eigenvalue weighted by Crippen LogP contribution is -2.60. The third kappa shape index (κ3) is 2.95. The van der Waals surface area contributed by atoms with Gasteiger partial charge >= 0.3 is 0 Å². The van der Waals surface area contributed by atoms with Gasteiger partial charge in [-0.2, -0.15) is 0 Å². The molecule has 0 aliphatic carbocycles.